The zero-order valence-electron chi connectivity index (χ0n) is 12.4. The van der Waals surface area contributed by atoms with Gasteiger partial charge in [0.05, 0.1) is 12.1 Å². The standard InChI is InChI=1S/C17H26N2O/c1-19(16-8-5-9-16)12-17(13-20,18-15-10-11-15)14-6-3-2-4-7-14/h2-4,6-7,15-16,18,20H,5,8-13H2,1H3. The van der Waals surface area contributed by atoms with Gasteiger partial charge in [0.15, 0.2) is 0 Å². The number of likely N-dealkylation sites (N-methyl/N-ethyl adjacent to an activating group) is 1. The molecule has 0 aromatic heterocycles. The van der Waals surface area contributed by atoms with Crippen LogP contribution in [0.3, 0.4) is 0 Å². The summed E-state index contributed by atoms with van der Waals surface area (Å²) in [6.45, 7) is 1.04. The Morgan fingerprint density at radius 1 is 1.20 bits per heavy atom. The fraction of sp³-hybridized carbons (Fsp3) is 0.647. The van der Waals surface area contributed by atoms with Crippen LogP contribution in [0.4, 0.5) is 0 Å². The van der Waals surface area contributed by atoms with Crippen molar-refractivity contribution in [2.75, 3.05) is 20.2 Å². The van der Waals surface area contributed by atoms with Crippen molar-refractivity contribution in [3.05, 3.63) is 35.9 Å². The van der Waals surface area contributed by atoms with Crippen LogP contribution in [0.2, 0.25) is 0 Å². The average Bonchev–Trinajstić information content (AvgIpc) is 3.20. The molecule has 0 bridgehead atoms. The Morgan fingerprint density at radius 2 is 1.90 bits per heavy atom. The Hall–Kier alpha value is -0.900. The molecule has 1 aromatic rings. The molecule has 2 N–H and O–H groups in total. The van der Waals surface area contributed by atoms with E-state index in [1.54, 1.807) is 0 Å². The summed E-state index contributed by atoms with van der Waals surface area (Å²) in [5.41, 5.74) is 0.896. The van der Waals surface area contributed by atoms with Gasteiger partial charge in [-0.05, 0) is 38.3 Å². The molecule has 3 nitrogen and oxygen atoms in total. The summed E-state index contributed by atoms with van der Waals surface area (Å²) < 4.78 is 0. The molecule has 0 aliphatic heterocycles. The number of nitrogens with one attached hydrogen (secondary N) is 1. The van der Waals surface area contributed by atoms with Crippen LogP contribution in [-0.4, -0.2) is 42.3 Å². The second-order valence-corrected chi connectivity index (χ2v) is 6.52. The Morgan fingerprint density at radius 3 is 2.40 bits per heavy atom. The predicted octanol–water partition coefficient (Wildman–Crippen LogP) is 2.11. The van der Waals surface area contributed by atoms with E-state index in [9.17, 15) is 5.11 Å². The number of benzene rings is 1. The zero-order valence-corrected chi connectivity index (χ0v) is 12.4. The summed E-state index contributed by atoms with van der Waals surface area (Å²) in [6, 6.07) is 11.7. The van der Waals surface area contributed by atoms with Gasteiger partial charge >= 0.3 is 0 Å². The van der Waals surface area contributed by atoms with Crippen molar-refractivity contribution in [3.63, 3.8) is 0 Å². The van der Waals surface area contributed by atoms with Crippen molar-refractivity contribution < 1.29 is 5.11 Å². The van der Waals surface area contributed by atoms with Crippen molar-refractivity contribution in [3.8, 4) is 0 Å². The minimum absolute atomic E-state index is 0.157. The van der Waals surface area contributed by atoms with Crippen LogP contribution in [0.1, 0.15) is 37.7 Å². The summed E-state index contributed by atoms with van der Waals surface area (Å²) in [7, 11) is 2.20. The molecule has 0 heterocycles. The lowest BCUT2D eigenvalue weighted by molar-refractivity contribution is 0.0728. The average molecular weight is 274 g/mol. The van der Waals surface area contributed by atoms with Crippen molar-refractivity contribution in [1.29, 1.82) is 0 Å². The first-order valence-corrected chi connectivity index (χ1v) is 7.88. The van der Waals surface area contributed by atoms with Crippen LogP contribution in [0.5, 0.6) is 0 Å². The van der Waals surface area contributed by atoms with Gasteiger partial charge in [0.25, 0.3) is 0 Å². The molecule has 1 unspecified atom stereocenters. The van der Waals surface area contributed by atoms with Gasteiger partial charge in [-0.3, -0.25) is 0 Å². The predicted molar refractivity (Wildman–Crippen MR) is 81.6 cm³/mol. The quantitative estimate of drug-likeness (QED) is 0.799. The van der Waals surface area contributed by atoms with Gasteiger partial charge in [0, 0.05) is 18.6 Å². The molecule has 0 radical (unpaired) electrons. The fourth-order valence-electron chi connectivity index (χ4n) is 3.17. The molecule has 2 aliphatic rings. The number of hydrogen-bond acceptors (Lipinski definition) is 3. The third-order valence-electron chi connectivity index (χ3n) is 4.87. The Bertz CT molecular complexity index is 428. The highest BCUT2D eigenvalue weighted by Gasteiger charge is 2.39. The van der Waals surface area contributed by atoms with Gasteiger partial charge in [-0.15, -0.1) is 0 Å². The molecular weight excluding hydrogens is 248 g/mol. The summed E-state index contributed by atoms with van der Waals surface area (Å²) in [5.74, 6) is 0. The van der Waals surface area contributed by atoms with Gasteiger partial charge in [0.2, 0.25) is 0 Å². The van der Waals surface area contributed by atoms with E-state index in [1.807, 2.05) is 6.07 Å². The van der Waals surface area contributed by atoms with E-state index in [2.05, 4.69) is 41.5 Å². The van der Waals surface area contributed by atoms with Gasteiger partial charge in [-0.2, -0.15) is 0 Å². The molecule has 0 amide bonds. The topological polar surface area (TPSA) is 35.5 Å². The van der Waals surface area contributed by atoms with E-state index < -0.39 is 0 Å². The minimum atomic E-state index is -0.313. The van der Waals surface area contributed by atoms with E-state index in [-0.39, 0.29) is 12.1 Å². The van der Waals surface area contributed by atoms with Gasteiger partial charge < -0.3 is 15.3 Å². The monoisotopic (exact) mass is 274 g/mol. The van der Waals surface area contributed by atoms with Crippen LogP contribution < -0.4 is 5.32 Å². The van der Waals surface area contributed by atoms with Crippen molar-refractivity contribution in [2.45, 2.75) is 49.7 Å². The second kappa shape index (κ2) is 5.84. The normalized spacial score (nSPS) is 22.6. The molecule has 1 atom stereocenters. The molecule has 20 heavy (non-hydrogen) atoms. The molecular formula is C17H26N2O. The summed E-state index contributed by atoms with van der Waals surface area (Å²) in [5, 5.41) is 13.9. The number of nitrogens with zero attached hydrogens (tertiary/aromatic N) is 1. The maximum absolute atomic E-state index is 10.1. The van der Waals surface area contributed by atoms with Crippen molar-refractivity contribution in [1.82, 2.24) is 10.2 Å². The van der Waals surface area contributed by atoms with E-state index in [0.29, 0.717) is 12.1 Å². The van der Waals surface area contributed by atoms with Crippen LogP contribution >= 0.6 is 0 Å². The smallest absolute Gasteiger partial charge is 0.0799 e. The van der Waals surface area contributed by atoms with Crippen LogP contribution in [0.25, 0.3) is 0 Å². The highest BCUT2D eigenvalue weighted by atomic mass is 16.3. The fourth-order valence-corrected chi connectivity index (χ4v) is 3.17. The number of hydrogen-bond donors (Lipinski definition) is 2. The van der Waals surface area contributed by atoms with Crippen LogP contribution in [0.15, 0.2) is 30.3 Å². The number of rotatable bonds is 7. The van der Waals surface area contributed by atoms with E-state index in [1.165, 1.54) is 37.7 Å². The number of aliphatic hydroxyl groups excluding tert-OH is 1. The molecule has 110 valence electrons. The molecule has 2 fully saturated rings. The first-order valence-electron chi connectivity index (χ1n) is 7.88. The third-order valence-corrected chi connectivity index (χ3v) is 4.87. The zero-order chi connectivity index (χ0) is 14.0. The van der Waals surface area contributed by atoms with E-state index in [4.69, 9.17) is 0 Å². The van der Waals surface area contributed by atoms with Gasteiger partial charge in [0.1, 0.15) is 0 Å². The molecule has 0 saturated heterocycles. The highest BCUT2D eigenvalue weighted by Crippen LogP contribution is 2.32. The first-order chi connectivity index (χ1) is 9.73. The summed E-state index contributed by atoms with van der Waals surface area (Å²) >= 11 is 0. The minimum Gasteiger partial charge on any atom is -0.394 e. The molecule has 1 aromatic carbocycles. The maximum atomic E-state index is 10.1. The molecule has 0 spiro atoms. The van der Waals surface area contributed by atoms with Crippen molar-refractivity contribution in [2.24, 2.45) is 0 Å². The summed E-state index contributed by atoms with van der Waals surface area (Å²) in [4.78, 5) is 2.43. The van der Waals surface area contributed by atoms with Gasteiger partial charge in [-0.1, -0.05) is 36.8 Å². The molecule has 2 saturated carbocycles. The van der Waals surface area contributed by atoms with Crippen LogP contribution in [0, 0.1) is 0 Å². The van der Waals surface area contributed by atoms with E-state index in [0.717, 1.165) is 6.54 Å². The lowest BCUT2D eigenvalue weighted by Crippen LogP contribution is -2.56. The third kappa shape index (κ3) is 2.90. The first kappa shape index (κ1) is 14.1. The van der Waals surface area contributed by atoms with Crippen molar-refractivity contribution >= 4 is 0 Å². The Kier molecular flexibility index (Phi) is 4.11. The number of aliphatic hydroxyl groups is 1. The summed E-state index contributed by atoms with van der Waals surface area (Å²) in [6.07, 6.45) is 6.43. The lowest BCUT2D eigenvalue weighted by Gasteiger charge is -2.42. The Balaban J connectivity index is 1.80. The molecule has 3 heteroatoms. The second-order valence-electron chi connectivity index (χ2n) is 6.52. The molecule has 3 rings (SSSR count). The van der Waals surface area contributed by atoms with E-state index >= 15 is 0 Å². The lowest BCUT2D eigenvalue weighted by atomic mass is 9.86. The SMILES string of the molecule is CN(CC(CO)(NC1CC1)c1ccccc1)C1CCC1. The maximum Gasteiger partial charge on any atom is 0.0799 e. The molecule has 2 aliphatic carbocycles. The highest BCUT2D eigenvalue weighted by molar-refractivity contribution is 5.26. The van der Waals surface area contributed by atoms with Gasteiger partial charge in [-0.25, -0.2) is 0 Å². The Labute approximate surface area is 122 Å². The largest absolute Gasteiger partial charge is 0.394 e. The van der Waals surface area contributed by atoms with Crippen LogP contribution in [-0.2, 0) is 5.54 Å².